The number of nitrogens with zero attached hydrogens (tertiary/aromatic N) is 1. The van der Waals surface area contributed by atoms with E-state index in [0.717, 1.165) is 0 Å². The van der Waals surface area contributed by atoms with Gasteiger partial charge in [0.05, 0.1) is 4.92 Å². The van der Waals surface area contributed by atoms with E-state index in [0.29, 0.717) is 5.75 Å². The standard InChI is InChI=1S/C12H10N2O3/c13-12-10(14(15)16)7-4-8-11(12)17-9-5-2-1-3-6-9/h1-8H,13H2. The lowest BCUT2D eigenvalue weighted by molar-refractivity contribution is -0.383. The Hall–Kier alpha value is -2.56. The molecule has 86 valence electrons. The molecule has 0 heterocycles. The Balaban J connectivity index is 2.34. The van der Waals surface area contributed by atoms with Gasteiger partial charge in [-0.05, 0) is 18.2 Å². The Morgan fingerprint density at radius 1 is 1.06 bits per heavy atom. The van der Waals surface area contributed by atoms with Crippen molar-refractivity contribution in [3.8, 4) is 11.5 Å². The molecule has 2 aromatic carbocycles. The fourth-order valence-corrected chi connectivity index (χ4v) is 1.40. The summed E-state index contributed by atoms with van der Waals surface area (Å²) in [4.78, 5) is 10.2. The molecule has 0 aliphatic carbocycles. The third kappa shape index (κ3) is 2.34. The predicted molar refractivity (Wildman–Crippen MR) is 64.0 cm³/mol. The normalized spacial score (nSPS) is 9.88. The van der Waals surface area contributed by atoms with Crippen LogP contribution in [0.25, 0.3) is 0 Å². The van der Waals surface area contributed by atoms with E-state index in [1.165, 1.54) is 12.1 Å². The third-order valence-electron chi connectivity index (χ3n) is 2.21. The number of hydrogen-bond acceptors (Lipinski definition) is 4. The second kappa shape index (κ2) is 4.52. The molecule has 0 bridgehead atoms. The summed E-state index contributed by atoms with van der Waals surface area (Å²) < 4.78 is 5.47. The molecule has 2 rings (SSSR count). The molecule has 0 aliphatic heterocycles. The van der Waals surface area contributed by atoms with Crippen molar-refractivity contribution >= 4 is 11.4 Å². The molecule has 2 N–H and O–H groups in total. The van der Waals surface area contributed by atoms with Crippen molar-refractivity contribution in [3.05, 3.63) is 58.6 Å². The van der Waals surface area contributed by atoms with E-state index in [9.17, 15) is 10.1 Å². The average Bonchev–Trinajstić information content (AvgIpc) is 2.33. The van der Waals surface area contributed by atoms with E-state index in [-0.39, 0.29) is 17.1 Å². The van der Waals surface area contributed by atoms with Crippen molar-refractivity contribution in [2.75, 3.05) is 5.73 Å². The van der Waals surface area contributed by atoms with Crippen LogP contribution in [0.3, 0.4) is 0 Å². The highest BCUT2D eigenvalue weighted by atomic mass is 16.6. The Bertz CT molecular complexity index is 541. The van der Waals surface area contributed by atoms with Crippen LogP contribution in [0.1, 0.15) is 0 Å². The van der Waals surface area contributed by atoms with Crippen LogP contribution in [-0.2, 0) is 0 Å². The van der Waals surface area contributed by atoms with Gasteiger partial charge in [-0.1, -0.05) is 24.3 Å². The van der Waals surface area contributed by atoms with Gasteiger partial charge in [0.1, 0.15) is 5.75 Å². The maximum absolute atomic E-state index is 10.7. The van der Waals surface area contributed by atoms with Crippen molar-refractivity contribution in [3.63, 3.8) is 0 Å². The maximum atomic E-state index is 10.7. The topological polar surface area (TPSA) is 78.4 Å². The van der Waals surface area contributed by atoms with E-state index in [4.69, 9.17) is 10.5 Å². The van der Waals surface area contributed by atoms with Gasteiger partial charge in [0, 0.05) is 6.07 Å². The summed E-state index contributed by atoms with van der Waals surface area (Å²) in [6.45, 7) is 0. The summed E-state index contributed by atoms with van der Waals surface area (Å²) in [5.41, 5.74) is 5.54. The number of hydrogen-bond donors (Lipinski definition) is 1. The van der Waals surface area contributed by atoms with E-state index in [1.54, 1.807) is 18.2 Å². The lowest BCUT2D eigenvalue weighted by atomic mass is 10.2. The fourth-order valence-electron chi connectivity index (χ4n) is 1.40. The second-order valence-corrected chi connectivity index (χ2v) is 3.36. The van der Waals surface area contributed by atoms with E-state index in [1.807, 2.05) is 18.2 Å². The maximum Gasteiger partial charge on any atom is 0.295 e. The van der Waals surface area contributed by atoms with Gasteiger partial charge >= 0.3 is 0 Å². The van der Waals surface area contributed by atoms with Crippen LogP contribution in [0.15, 0.2) is 48.5 Å². The van der Waals surface area contributed by atoms with Gasteiger partial charge in [0.2, 0.25) is 0 Å². The zero-order valence-electron chi connectivity index (χ0n) is 8.87. The predicted octanol–water partition coefficient (Wildman–Crippen LogP) is 2.97. The van der Waals surface area contributed by atoms with Crippen molar-refractivity contribution in [2.24, 2.45) is 0 Å². The number of para-hydroxylation sites is 2. The first-order valence-electron chi connectivity index (χ1n) is 4.94. The Morgan fingerprint density at radius 2 is 1.76 bits per heavy atom. The number of ether oxygens (including phenoxy) is 1. The Morgan fingerprint density at radius 3 is 2.41 bits per heavy atom. The number of nitrogens with two attached hydrogens (primary N) is 1. The highest BCUT2D eigenvalue weighted by Gasteiger charge is 2.15. The van der Waals surface area contributed by atoms with Crippen LogP contribution in [0, 0.1) is 10.1 Å². The summed E-state index contributed by atoms with van der Waals surface area (Å²) in [5, 5.41) is 10.7. The molecular weight excluding hydrogens is 220 g/mol. The zero-order valence-corrected chi connectivity index (χ0v) is 8.87. The van der Waals surface area contributed by atoms with E-state index < -0.39 is 4.92 Å². The van der Waals surface area contributed by atoms with Crippen molar-refractivity contribution in [1.29, 1.82) is 0 Å². The van der Waals surface area contributed by atoms with Gasteiger partial charge in [-0.25, -0.2) is 0 Å². The molecule has 0 amide bonds. The molecule has 0 spiro atoms. The molecule has 5 heteroatoms. The molecule has 2 aromatic rings. The minimum absolute atomic E-state index is 0.0290. The quantitative estimate of drug-likeness (QED) is 0.499. The highest BCUT2D eigenvalue weighted by molar-refractivity contribution is 5.67. The summed E-state index contributed by atoms with van der Waals surface area (Å²) in [6.07, 6.45) is 0. The molecule has 0 saturated heterocycles. The first-order chi connectivity index (χ1) is 8.18. The molecule has 0 radical (unpaired) electrons. The van der Waals surface area contributed by atoms with Crippen LogP contribution in [0.2, 0.25) is 0 Å². The number of nitro groups is 1. The van der Waals surface area contributed by atoms with Gasteiger partial charge in [0.15, 0.2) is 11.4 Å². The SMILES string of the molecule is Nc1c(Oc2ccccc2)cccc1[N+](=O)[O-]. The van der Waals surface area contributed by atoms with Gasteiger partial charge in [-0.2, -0.15) is 0 Å². The molecular formula is C12H10N2O3. The largest absolute Gasteiger partial charge is 0.455 e. The average molecular weight is 230 g/mol. The van der Waals surface area contributed by atoms with Gasteiger partial charge in [-0.3, -0.25) is 10.1 Å². The molecule has 0 unspecified atom stereocenters. The molecule has 0 fully saturated rings. The zero-order chi connectivity index (χ0) is 12.3. The fraction of sp³-hybridized carbons (Fsp3) is 0. The Labute approximate surface area is 97.6 Å². The summed E-state index contributed by atoms with van der Waals surface area (Å²) in [7, 11) is 0. The van der Waals surface area contributed by atoms with E-state index in [2.05, 4.69) is 0 Å². The lowest BCUT2D eigenvalue weighted by Crippen LogP contribution is -1.98. The van der Waals surface area contributed by atoms with Gasteiger partial charge in [-0.15, -0.1) is 0 Å². The second-order valence-electron chi connectivity index (χ2n) is 3.36. The number of nitro benzene ring substituents is 1. The Kier molecular flexibility index (Phi) is 2.91. The smallest absolute Gasteiger partial charge is 0.295 e. The third-order valence-corrected chi connectivity index (χ3v) is 2.21. The van der Waals surface area contributed by atoms with Crippen molar-refractivity contribution < 1.29 is 9.66 Å². The number of nitrogen functional groups attached to an aromatic ring is 1. The van der Waals surface area contributed by atoms with E-state index >= 15 is 0 Å². The first kappa shape index (κ1) is 10.9. The number of benzene rings is 2. The summed E-state index contributed by atoms with van der Waals surface area (Å²) in [6, 6.07) is 13.4. The van der Waals surface area contributed by atoms with Crippen LogP contribution >= 0.6 is 0 Å². The summed E-state index contributed by atoms with van der Waals surface area (Å²) >= 11 is 0. The monoisotopic (exact) mass is 230 g/mol. The van der Waals surface area contributed by atoms with Crippen LogP contribution in [0.4, 0.5) is 11.4 Å². The van der Waals surface area contributed by atoms with Gasteiger partial charge < -0.3 is 10.5 Å². The minimum atomic E-state index is -0.535. The molecule has 17 heavy (non-hydrogen) atoms. The van der Waals surface area contributed by atoms with Crippen LogP contribution in [0.5, 0.6) is 11.5 Å². The summed E-state index contributed by atoms with van der Waals surface area (Å²) in [5.74, 6) is 0.866. The molecule has 0 aliphatic rings. The molecule has 5 nitrogen and oxygen atoms in total. The molecule has 0 saturated carbocycles. The first-order valence-corrected chi connectivity index (χ1v) is 4.94. The lowest BCUT2D eigenvalue weighted by Gasteiger charge is -2.07. The molecule has 0 aromatic heterocycles. The van der Waals surface area contributed by atoms with Crippen LogP contribution in [-0.4, -0.2) is 4.92 Å². The van der Waals surface area contributed by atoms with Gasteiger partial charge in [0.25, 0.3) is 5.69 Å². The van der Waals surface area contributed by atoms with Crippen molar-refractivity contribution in [1.82, 2.24) is 0 Å². The minimum Gasteiger partial charge on any atom is -0.455 e. The number of rotatable bonds is 3. The van der Waals surface area contributed by atoms with Crippen molar-refractivity contribution in [2.45, 2.75) is 0 Å². The molecule has 0 atom stereocenters. The number of anilines is 1. The highest BCUT2D eigenvalue weighted by Crippen LogP contribution is 2.33. The van der Waals surface area contributed by atoms with Crippen LogP contribution < -0.4 is 10.5 Å².